The van der Waals surface area contributed by atoms with Gasteiger partial charge < -0.3 is 5.73 Å². The van der Waals surface area contributed by atoms with Gasteiger partial charge in [0.25, 0.3) is 0 Å². The molecule has 2 nitrogen and oxygen atoms in total. The summed E-state index contributed by atoms with van der Waals surface area (Å²) >= 11 is 4.29. The maximum atomic E-state index is 10.6. The number of aryl methyl sites for hydroxylation is 1. The molecule has 0 saturated heterocycles. The lowest BCUT2D eigenvalue weighted by Crippen LogP contribution is -2.12. The van der Waals surface area contributed by atoms with Crippen LogP contribution in [-0.2, 0) is 4.79 Å². The van der Waals surface area contributed by atoms with Crippen LogP contribution in [-0.4, -0.2) is 5.91 Å². The topological polar surface area (TPSA) is 43.1 Å². The lowest BCUT2D eigenvalue weighted by atomic mass is 10.1. The van der Waals surface area contributed by atoms with Gasteiger partial charge in [0.05, 0.1) is 0 Å². The van der Waals surface area contributed by atoms with Gasteiger partial charge in [-0.2, -0.15) is 12.6 Å². The molecule has 0 aliphatic carbocycles. The highest BCUT2D eigenvalue weighted by Gasteiger charge is 2.08. The van der Waals surface area contributed by atoms with Gasteiger partial charge in [0.1, 0.15) is 0 Å². The molecule has 0 aliphatic rings. The van der Waals surface area contributed by atoms with Gasteiger partial charge in [-0.3, -0.25) is 4.79 Å². The summed E-state index contributed by atoms with van der Waals surface area (Å²) in [5.41, 5.74) is 7.31. The highest BCUT2D eigenvalue weighted by molar-refractivity contribution is 7.80. The Morgan fingerprint density at radius 3 is 2.46 bits per heavy atom. The fourth-order valence-electron chi connectivity index (χ4n) is 1.10. The van der Waals surface area contributed by atoms with E-state index in [2.05, 4.69) is 12.6 Å². The van der Waals surface area contributed by atoms with Gasteiger partial charge in [0.15, 0.2) is 0 Å². The van der Waals surface area contributed by atoms with Crippen molar-refractivity contribution in [1.82, 2.24) is 0 Å². The number of carbonyl (C=O) groups excluding carboxylic acids is 1. The van der Waals surface area contributed by atoms with Gasteiger partial charge in [-0.25, -0.2) is 0 Å². The van der Waals surface area contributed by atoms with E-state index in [4.69, 9.17) is 5.73 Å². The molecule has 13 heavy (non-hydrogen) atoms. The number of nitrogens with two attached hydrogens (primary N) is 1. The summed E-state index contributed by atoms with van der Waals surface area (Å²) in [6.45, 7) is 2.02. The second-order valence-corrected chi connectivity index (χ2v) is 3.72. The first-order valence-corrected chi connectivity index (χ1v) is 4.64. The van der Waals surface area contributed by atoms with E-state index in [1.807, 2.05) is 31.2 Å². The first kappa shape index (κ1) is 10.1. The van der Waals surface area contributed by atoms with Crippen LogP contribution >= 0.6 is 12.6 Å². The fraction of sp³-hybridized carbons (Fsp3) is 0.300. The van der Waals surface area contributed by atoms with E-state index in [1.54, 1.807) is 0 Å². The van der Waals surface area contributed by atoms with Crippen molar-refractivity contribution in [2.24, 2.45) is 5.73 Å². The standard InChI is InChI=1S/C10H13NOS/c1-7-2-4-8(5-3-7)9(13)6-10(11)12/h2-5,9,13H,6H2,1H3,(H2,11,12). The molecule has 2 N–H and O–H groups in total. The summed E-state index contributed by atoms with van der Waals surface area (Å²) in [5, 5.41) is -0.0851. The number of benzene rings is 1. The molecular weight excluding hydrogens is 182 g/mol. The van der Waals surface area contributed by atoms with Gasteiger partial charge in [-0.05, 0) is 12.5 Å². The van der Waals surface area contributed by atoms with Gasteiger partial charge >= 0.3 is 0 Å². The Hall–Kier alpha value is -0.960. The summed E-state index contributed by atoms with van der Waals surface area (Å²) in [6.07, 6.45) is 0.284. The van der Waals surface area contributed by atoms with Crippen molar-refractivity contribution in [3.8, 4) is 0 Å². The second-order valence-electron chi connectivity index (χ2n) is 3.10. The van der Waals surface area contributed by atoms with Crippen LogP contribution in [0.25, 0.3) is 0 Å². The summed E-state index contributed by atoms with van der Waals surface area (Å²) < 4.78 is 0. The summed E-state index contributed by atoms with van der Waals surface area (Å²) in [5.74, 6) is -0.319. The Morgan fingerprint density at radius 2 is 2.00 bits per heavy atom. The summed E-state index contributed by atoms with van der Waals surface area (Å²) in [7, 11) is 0. The maximum Gasteiger partial charge on any atom is 0.218 e. The van der Waals surface area contributed by atoms with E-state index in [9.17, 15) is 4.79 Å². The van der Waals surface area contributed by atoms with Crippen LogP contribution in [0.4, 0.5) is 0 Å². The minimum absolute atomic E-state index is 0.0851. The maximum absolute atomic E-state index is 10.6. The van der Waals surface area contributed by atoms with E-state index in [0.29, 0.717) is 0 Å². The minimum atomic E-state index is -0.319. The summed E-state index contributed by atoms with van der Waals surface area (Å²) in [4.78, 5) is 10.6. The first-order valence-electron chi connectivity index (χ1n) is 4.12. The molecule has 0 saturated carbocycles. The van der Waals surface area contributed by atoms with Crippen LogP contribution < -0.4 is 5.73 Å². The van der Waals surface area contributed by atoms with Gasteiger partial charge in [-0.15, -0.1) is 0 Å². The Morgan fingerprint density at radius 1 is 1.46 bits per heavy atom. The third kappa shape index (κ3) is 3.11. The van der Waals surface area contributed by atoms with Crippen molar-refractivity contribution in [2.75, 3.05) is 0 Å². The molecule has 0 radical (unpaired) electrons. The van der Waals surface area contributed by atoms with Crippen molar-refractivity contribution >= 4 is 18.5 Å². The molecule has 3 heteroatoms. The SMILES string of the molecule is Cc1ccc(C(S)CC(N)=O)cc1. The van der Waals surface area contributed by atoms with Crippen molar-refractivity contribution in [1.29, 1.82) is 0 Å². The average Bonchev–Trinajstić information content (AvgIpc) is 2.04. The highest BCUT2D eigenvalue weighted by Crippen LogP contribution is 2.23. The van der Waals surface area contributed by atoms with Crippen molar-refractivity contribution < 1.29 is 4.79 Å². The number of carbonyl (C=O) groups is 1. The highest BCUT2D eigenvalue weighted by atomic mass is 32.1. The molecule has 0 spiro atoms. The van der Waals surface area contributed by atoms with Crippen LogP contribution in [0.2, 0.25) is 0 Å². The van der Waals surface area contributed by atoms with Crippen LogP contribution in [0.15, 0.2) is 24.3 Å². The van der Waals surface area contributed by atoms with Crippen LogP contribution in [0.3, 0.4) is 0 Å². The van der Waals surface area contributed by atoms with Gasteiger partial charge in [0, 0.05) is 11.7 Å². The van der Waals surface area contributed by atoms with E-state index in [1.165, 1.54) is 5.56 Å². The lowest BCUT2D eigenvalue weighted by molar-refractivity contribution is -0.118. The van der Waals surface area contributed by atoms with Crippen molar-refractivity contribution in [2.45, 2.75) is 18.6 Å². The number of hydrogen-bond acceptors (Lipinski definition) is 2. The summed E-state index contributed by atoms with van der Waals surface area (Å²) in [6, 6.07) is 7.94. The zero-order valence-corrected chi connectivity index (χ0v) is 8.42. The Labute approximate surface area is 83.5 Å². The van der Waals surface area contributed by atoms with Crippen LogP contribution in [0.5, 0.6) is 0 Å². The smallest absolute Gasteiger partial charge is 0.218 e. The quantitative estimate of drug-likeness (QED) is 0.710. The fourth-order valence-corrected chi connectivity index (χ4v) is 1.45. The molecule has 0 heterocycles. The molecule has 1 aromatic rings. The average molecular weight is 195 g/mol. The third-order valence-corrected chi connectivity index (χ3v) is 2.34. The van der Waals surface area contributed by atoms with E-state index >= 15 is 0 Å². The second kappa shape index (κ2) is 4.33. The monoisotopic (exact) mass is 195 g/mol. The van der Waals surface area contributed by atoms with Gasteiger partial charge in [-0.1, -0.05) is 29.8 Å². The van der Waals surface area contributed by atoms with Crippen molar-refractivity contribution in [3.63, 3.8) is 0 Å². The van der Waals surface area contributed by atoms with E-state index < -0.39 is 0 Å². The molecular formula is C10H13NOS. The number of amides is 1. The molecule has 0 bridgehead atoms. The molecule has 0 aromatic heterocycles. The molecule has 1 aromatic carbocycles. The molecule has 1 unspecified atom stereocenters. The number of thiol groups is 1. The third-order valence-electron chi connectivity index (χ3n) is 1.86. The molecule has 1 amide bonds. The predicted octanol–water partition coefficient (Wildman–Crippen LogP) is 1.84. The van der Waals surface area contributed by atoms with Crippen LogP contribution in [0, 0.1) is 6.92 Å². The normalized spacial score (nSPS) is 12.5. The van der Waals surface area contributed by atoms with Crippen molar-refractivity contribution in [3.05, 3.63) is 35.4 Å². The number of rotatable bonds is 3. The zero-order valence-electron chi connectivity index (χ0n) is 7.53. The first-order chi connectivity index (χ1) is 6.09. The number of hydrogen-bond donors (Lipinski definition) is 2. The zero-order chi connectivity index (χ0) is 9.84. The predicted molar refractivity (Wildman–Crippen MR) is 56.7 cm³/mol. The Bertz CT molecular complexity index is 294. The van der Waals surface area contributed by atoms with E-state index in [-0.39, 0.29) is 17.6 Å². The van der Waals surface area contributed by atoms with E-state index in [0.717, 1.165) is 5.56 Å². The molecule has 1 atom stereocenters. The Balaban J connectivity index is 2.71. The minimum Gasteiger partial charge on any atom is -0.370 e. The molecule has 0 aliphatic heterocycles. The number of primary amides is 1. The lowest BCUT2D eigenvalue weighted by Gasteiger charge is -2.08. The van der Waals surface area contributed by atoms with Gasteiger partial charge in [0.2, 0.25) is 5.91 Å². The molecule has 70 valence electrons. The molecule has 1 rings (SSSR count). The molecule has 0 fully saturated rings. The largest absolute Gasteiger partial charge is 0.370 e. The Kier molecular flexibility index (Phi) is 3.37. The van der Waals surface area contributed by atoms with Crippen LogP contribution in [0.1, 0.15) is 22.8 Å².